The lowest BCUT2D eigenvalue weighted by Gasteiger charge is -2.49. The van der Waals surface area contributed by atoms with Crippen LogP contribution in [0.15, 0.2) is 52.4 Å². The number of benzene rings is 1. The molecule has 2 bridgehead atoms. The van der Waals surface area contributed by atoms with Crippen LogP contribution in [-0.2, 0) is 4.79 Å². The second-order valence-electron chi connectivity index (χ2n) is 11.1. The summed E-state index contributed by atoms with van der Waals surface area (Å²) in [5, 5.41) is 14.3. The Morgan fingerprint density at radius 2 is 1.59 bits per heavy atom. The van der Waals surface area contributed by atoms with Crippen molar-refractivity contribution in [2.45, 2.75) is 101 Å². The number of carbonyl (C=O) groups is 1. The van der Waals surface area contributed by atoms with Crippen LogP contribution in [-0.4, -0.2) is 57.0 Å². The molecule has 6 rings (SSSR count). The number of anilines is 2. The third-order valence-corrected chi connectivity index (χ3v) is 8.84. The number of aliphatic hydroxyl groups is 1. The summed E-state index contributed by atoms with van der Waals surface area (Å²) in [6, 6.07) is 12.6. The first-order chi connectivity index (χ1) is 18.1. The fraction of sp³-hybridized carbons (Fsp3) is 0.552. The van der Waals surface area contributed by atoms with Crippen LogP contribution in [0, 0.1) is 0 Å². The number of amides is 1. The van der Waals surface area contributed by atoms with Crippen molar-refractivity contribution in [3.63, 3.8) is 0 Å². The molecular formula is C29H37N5O3. The summed E-state index contributed by atoms with van der Waals surface area (Å²) in [4.78, 5) is 36.7. The largest absolute Gasteiger partial charge is 0.368 e. The maximum atomic E-state index is 13.2. The van der Waals surface area contributed by atoms with E-state index in [1.165, 1.54) is 70.1 Å². The highest BCUT2D eigenvalue weighted by Crippen LogP contribution is 2.45. The number of pyridine rings is 1. The molecule has 3 N–H and O–H groups in total. The molecule has 3 fully saturated rings. The molecule has 1 aromatic heterocycles. The topological polar surface area (TPSA) is 101 Å². The van der Waals surface area contributed by atoms with Crippen LogP contribution in [0.3, 0.4) is 0 Å². The SMILES string of the molecule is O=C(Nc1ccc(=O)[nH]c1)C1=Nc2ccccc2N([C@@H]2CC3CC[C@@H](C2)N3C2CCCCCCC2)C1O. The Balaban J connectivity index is 1.24. The van der Waals surface area contributed by atoms with Crippen LogP contribution in [0.4, 0.5) is 17.1 Å². The highest BCUT2D eigenvalue weighted by Gasteiger charge is 2.47. The Labute approximate surface area is 217 Å². The number of piperidine rings is 1. The smallest absolute Gasteiger partial charge is 0.274 e. The predicted molar refractivity (Wildman–Crippen MR) is 145 cm³/mol. The van der Waals surface area contributed by atoms with Gasteiger partial charge in [0.15, 0.2) is 11.9 Å². The number of aliphatic hydroxyl groups excluding tert-OH is 1. The molecular weight excluding hydrogens is 466 g/mol. The minimum absolute atomic E-state index is 0.0831. The van der Waals surface area contributed by atoms with E-state index in [1.54, 1.807) is 6.07 Å². The van der Waals surface area contributed by atoms with Gasteiger partial charge in [0.2, 0.25) is 5.56 Å². The number of aromatic nitrogens is 1. The standard InChI is InChI=1S/C29H37N5O3/c35-26-15-12-19(18-30-26)31-28(36)27-29(37)34(25-11-7-6-10-24(25)32-27)23-16-21-13-14-22(17-23)33(21)20-8-4-2-1-3-5-9-20/h6-7,10-12,15,18,20-23,29,37H,1-5,8-9,13-14,16-17H2,(H,30,35)(H,31,36)/t21-,22?,23-,29?/m0/s1. The van der Waals surface area contributed by atoms with E-state index in [9.17, 15) is 14.7 Å². The summed E-state index contributed by atoms with van der Waals surface area (Å²) in [5.74, 6) is -0.464. The number of rotatable bonds is 4. The van der Waals surface area contributed by atoms with Gasteiger partial charge in [-0.3, -0.25) is 14.5 Å². The van der Waals surface area contributed by atoms with Gasteiger partial charge in [-0.05, 0) is 56.7 Å². The lowest BCUT2D eigenvalue weighted by Crippen LogP contribution is -2.59. The summed E-state index contributed by atoms with van der Waals surface area (Å²) in [7, 11) is 0. The zero-order valence-corrected chi connectivity index (χ0v) is 21.3. The quantitative estimate of drug-likeness (QED) is 0.577. The van der Waals surface area contributed by atoms with E-state index in [4.69, 9.17) is 0 Å². The Bertz CT molecular complexity index is 1180. The third kappa shape index (κ3) is 4.84. The monoisotopic (exact) mass is 503 g/mol. The van der Waals surface area contributed by atoms with Gasteiger partial charge in [0, 0.05) is 36.4 Å². The summed E-state index contributed by atoms with van der Waals surface area (Å²) in [5.41, 5.74) is 1.89. The van der Waals surface area contributed by atoms with E-state index in [0.717, 1.165) is 18.5 Å². The second kappa shape index (κ2) is 10.4. The molecule has 2 unspecified atom stereocenters. The zero-order valence-electron chi connectivity index (χ0n) is 21.3. The number of carbonyl (C=O) groups excluding carboxylic acids is 1. The van der Waals surface area contributed by atoms with Crippen LogP contribution < -0.4 is 15.8 Å². The average Bonchev–Trinajstić information content (AvgIpc) is 3.13. The van der Waals surface area contributed by atoms with E-state index in [-0.39, 0.29) is 17.3 Å². The number of nitrogens with zero attached hydrogens (tertiary/aromatic N) is 3. The maximum Gasteiger partial charge on any atom is 0.274 e. The Morgan fingerprint density at radius 1 is 0.892 bits per heavy atom. The molecule has 1 saturated carbocycles. The van der Waals surface area contributed by atoms with Gasteiger partial charge in [-0.1, -0.05) is 44.2 Å². The lowest BCUT2D eigenvalue weighted by molar-refractivity contribution is -0.110. The van der Waals surface area contributed by atoms with Gasteiger partial charge in [-0.2, -0.15) is 0 Å². The normalized spacial score (nSPS) is 28.7. The number of H-pyrrole nitrogens is 1. The predicted octanol–water partition coefficient (Wildman–Crippen LogP) is 4.33. The van der Waals surface area contributed by atoms with Crippen molar-refractivity contribution in [3.8, 4) is 0 Å². The fourth-order valence-electron chi connectivity index (χ4n) is 7.22. The number of nitrogens with one attached hydrogen (secondary N) is 2. The first-order valence-corrected chi connectivity index (χ1v) is 14.0. The minimum atomic E-state index is -1.13. The molecule has 37 heavy (non-hydrogen) atoms. The van der Waals surface area contributed by atoms with Crippen molar-refractivity contribution < 1.29 is 9.90 Å². The molecule has 8 nitrogen and oxygen atoms in total. The van der Waals surface area contributed by atoms with Gasteiger partial charge in [0.25, 0.3) is 5.91 Å². The molecule has 0 radical (unpaired) electrons. The van der Waals surface area contributed by atoms with Gasteiger partial charge in [0.05, 0.1) is 17.1 Å². The molecule has 4 atom stereocenters. The summed E-state index contributed by atoms with van der Waals surface area (Å²) >= 11 is 0. The number of fused-ring (bicyclic) bond motifs is 3. The van der Waals surface area contributed by atoms with E-state index < -0.39 is 12.1 Å². The van der Waals surface area contributed by atoms with Crippen molar-refractivity contribution in [1.29, 1.82) is 0 Å². The molecule has 2 aromatic rings. The number of hydrogen-bond acceptors (Lipinski definition) is 6. The average molecular weight is 504 g/mol. The Kier molecular flexibility index (Phi) is 6.86. The van der Waals surface area contributed by atoms with Crippen molar-refractivity contribution in [2.24, 2.45) is 4.99 Å². The second-order valence-corrected chi connectivity index (χ2v) is 11.1. The third-order valence-electron chi connectivity index (χ3n) is 8.84. The maximum absolute atomic E-state index is 13.2. The molecule has 196 valence electrons. The van der Waals surface area contributed by atoms with Gasteiger partial charge in [-0.15, -0.1) is 0 Å². The van der Waals surface area contributed by atoms with E-state index >= 15 is 0 Å². The van der Waals surface area contributed by atoms with Crippen LogP contribution >= 0.6 is 0 Å². The van der Waals surface area contributed by atoms with Crippen LogP contribution in [0.1, 0.15) is 70.6 Å². The summed E-state index contributed by atoms with van der Waals surface area (Å²) in [6.07, 6.45) is 14.2. The summed E-state index contributed by atoms with van der Waals surface area (Å²) < 4.78 is 0. The Hall–Kier alpha value is -2.97. The van der Waals surface area contributed by atoms with Crippen molar-refractivity contribution in [3.05, 3.63) is 52.9 Å². The molecule has 3 aliphatic heterocycles. The van der Waals surface area contributed by atoms with Gasteiger partial charge in [-0.25, -0.2) is 4.99 Å². The number of hydrogen-bond donors (Lipinski definition) is 3. The Morgan fingerprint density at radius 3 is 2.30 bits per heavy atom. The lowest BCUT2D eigenvalue weighted by atomic mass is 9.88. The van der Waals surface area contributed by atoms with Crippen LogP contribution in [0.5, 0.6) is 0 Å². The van der Waals surface area contributed by atoms with Crippen molar-refractivity contribution in [2.75, 3.05) is 10.2 Å². The molecule has 2 saturated heterocycles. The van der Waals surface area contributed by atoms with Crippen LogP contribution in [0.2, 0.25) is 0 Å². The molecule has 8 heteroatoms. The van der Waals surface area contributed by atoms with Crippen molar-refractivity contribution >= 4 is 28.7 Å². The molecule has 1 aliphatic carbocycles. The first-order valence-electron chi connectivity index (χ1n) is 14.0. The van der Waals surface area contributed by atoms with Gasteiger partial charge >= 0.3 is 0 Å². The molecule has 4 aliphatic rings. The molecule has 1 aromatic carbocycles. The number of aliphatic imine (C=N–C) groups is 1. The highest BCUT2D eigenvalue weighted by molar-refractivity contribution is 6.45. The molecule has 1 amide bonds. The van der Waals surface area contributed by atoms with Gasteiger partial charge < -0.3 is 20.3 Å². The highest BCUT2D eigenvalue weighted by atomic mass is 16.3. The summed E-state index contributed by atoms with van der Waals surface area (Å²) in [6.45, 7) is 0. The minimum Gasteiger partial charge on any atom is -0.368 e. The van der Waals surface area contributed by atoms with Crippen molar-refractivity contribution in [1.82, 2.24) is 9.88 Å². The van der Waals surface area contributed by atoms with Gasteiger partial charge in [0.1, 0.15) is 0 Å². The van der Waals surface area contributed by atoms with E-state index in [2.05, 4.69) is 20.2 Å². The molecule has 0 spiro atoms. The first kappa shape index (κ1) is 24.4. The van der Waals surface area contributed by atoms with E-state index in [1.807, 2.05) is 29.2 Å². The van der Waals surface area contributed by atoms with E-state index in [0.29, 0.717) is 29.5 Å². The number of aromatic amines is 1. The number of para-hydroxylation sites is 2. The molecule has 4 heterocycles. The fourth-order valence-corrected chi connectivity index (χ4v) is 7.22. The van der Waals surface area contributed by atoms with Crippen LogP contribution in [0.25, 0.3) is 0 Å². The zero-order chi connectivity index (χ0) is 25.4.